The van der Waals surface area contributed by atoms with Gasteiger partial charge in [0.25, 0.3) is 0 Å². The van der Waals surface area contributed by atoms with Crippen LogP contribution in [0.2, 0.25) is 0 Å². The topological polar surface area (TPSA) is 66.0 Å². The van der Waals surface area contributed by atoms with E-state index in [2.05, 4.69) is 10.2 Å². The normalized spacial score (nSPS) is 10.9. The SMILES string of the molecule is O=C(O)CCc1ccc2[nH]nc(-c3ccc(F)cc3)c2c1. The Labute approximate surface area is 120 Å². The van der Waals surface area contributed by atoms with Crippen molar-refractivity contribution >= 4 is 16.9 Å². The average molecular weight is 284 g/mol. The number of aromatic amines is 1. The van der Waals surface area contributed by atoms with Crippen LogP contribution in [0.5, 0.6) is 0 Å². The van der Waals surface area contributed by atoms with Crippen LogP contribution in [-0.2, 0) is 11.2 Å². The number of rotatable bonds is 4. The second kappa shape index (κ2) is 5.36. The van der Waals surface area contributed by atoms with Crippen molar-refractivity contribution in [2.45, 2.75) is 12.8 Å². The van der Waals surface area contributed by atoms with Gasteiger partial charge in [0.1, 0.15) is 5.82 Å². The second-order valence-electron chi connectivity index (χ2n) is 4.85. The molecule has 0 fully saturated rings. The molecule has 106 valence electrons. The Morgan fingerprint density at radius 2 is 1.95 bits per heavy atom. The predicted octanol–water partition coefficient (Wildman–Crippen LogP) is 3.39. The van der Waals surface area contributed by atoms with E-state index in [1.165, 1.54) is 12.1 Å². The van der Waals surface area contributed by atoms with Gasteiger partial charge >= 0.3 is 5.97 Å². The van der Waals surface area contributed by atoms with Crippen LogP contribution in [0.25, 0.3) is 22.2 Å². The number of carboxylic acids is 1. The molecule has 0 amide bonds. The molecule has 0 bridgehead atoms. The lowest BCUT2D eigenvalue weighted by Crippen LogP contribution is -1.97. The molecule has 4 nitrogen and oxygen atoms in total. The summed E-state index contributed by atoms with van der Waals surface area (Å²) < 4.78 is 13.0. The number of H-pyrrole nitrogens is 1. The Morgan fingerprint density at radius 1 is 1.19 bits per heavy atom. The van der Waals surface area contributed by atoms with E-state index in [0.717, 1.165) is 27.7 Å². The largest absolute Gasteiger partial charge is 0.481 e. The number of hydrogen-bond acceptors (Lipinski definition) is 2. The highest BCUT2D eigenvalue weighted by Gasteiger charge is 2.09. The molecule has 0 unspecified atom stereocenters. The minimum Gasteiger partial charge on any atom is -0.481 e. The fraction of sp³-hybridized carbons (Fsp3) is 0.125. The third-order valence-electron chi connectivity index (χ3n) is 3.37. The van der Waals surface area contributed by atoms with E-state index in [4.69, 9.17) is 5.11 Å². The van der Waals surface area contributed by atoms with E-state index in [1.54, 1.807) is 12.1 Å². The lowest BCUT2D eigenvalue weighted by Gasteiger charge is -2.01. The molecular weight excluding hydrogens is 271 g/mol. The zero-order chi connectivity index (χ0) is 14.8. The average Bonchev–Trinajstić information content (AvgIpc) is 2.89. The minimum atomic E-state index is -0.818. The van der Waals surface area contributed by atoms with E-state index < -0.39 is 5.97 Å². The molecule has 3 aromatic rings. The minimum absolute atomic E-state index is 0.0925. The summed E-state index contributed by atoms with van der Waals surface area (Å²) in [7, 11) is 0. The molecule has 3 rings (SSSR count). The number of carboxylic acid groups (broad SMARTS) is 1. The lowest BCUT2D eigenvalue weighted by atomic mass is 10.0. The predicted molar refractivity (Wildman–Crippen MR) is 77.4 cm³/mol. The Morgan fingerprint density at radius 3 is 2.67 bits per heavy atom. The van der Waals surface area contributed by atoms with E-state index in [0.29, 0.717) is 6.42 Å². The van der Waals surface area contributed by atoms with Gasteiger partial charge in [-0.15, -0.1) is 0 Å². The Balaban J connectivity index is 2.01. The first-order valence-corrected chi connectivity index (χ1v) is 6.58. The Hall–Kier alpha value is -2.69. The number of carbonyl (C=O) groups is 1. The van der Waals surface area contributed by atoms with Gasteiger partial charge in [-0.05, 0) is 48.4 Å². The molecule has 1 heterocycles. The lowest BCUT2D eigenvalue weighted by molar-refractivity contribution is -0.136. The van der Waals surface area contributed by atoms with Gasteiger partial charge in [-0.1, -0.05) is 6.07 Å². The van der Waals surface area contributed by atoms with Gasteiger partial charge in [-0.25, -0.2) is 4.39 Å². The standard InChI is InChI=1S/C16H13FN2O2/c17-12-5-3-11(4-6-12)16-13-9-10(2-8-15(20)21)1-7-14(13)18-19-16/h1,3-7,9H,2,8H2,(H,18,19)(H,20,21). The molecule has 0 radical (unpaired) electrons. The summed E-state index contributed by atoms with van der Waals surface area (Å²) in [6.07, 6.45) is 0.564. The molecule has 2 aromatic carbocycles. The molecule has 0 saturated carbocycles. The molecule has 0 saturated heterocycles. The number of aliphatic carboxylic acids is 1. The number of aryl methyl sites for hydroxylation is 1. The summed E-state index contributed by atoms with van der Waals surface area (Å²) >= 11 is 0. The van der Waals surface area contributed by atoms with Gasteiger partial charge in [-0.2, -0.15) is 5.10 Å². The maximum absolute atomic E-state index is 13.0. The van der Waals surface area contributed by atoms with Crippen LogP contribution in [-0.4, -0.2) is 21.3 Å². The molecule has 2 N–H and O–H groups in total. The number of aromatic nitrogens is 2. The summed E-state index contributed by atoms with van der Waals surface area (Å²) in [5.74, 6) is -1.11. The summed E-state index contributed by atoms with van der Waals surface area (Å²) in [6.45, 7) is 0. The van der Waals surface area contributed by atoms with Crippen molar-refractivity contribution in [1.29, 1.82) is 0 Å². The first-order chi connectivity index (χ1) is 10.1. The highest BCUT2D eigenvalue weighted by molar-refractivity contribution is 5.93. The fourth-order valence-electron chi connectivity index (χ4n) is 2.30. The van der Waals surface area contributed by atoms with Crippen molar-refractivity contribution in [2.75, 3.05) is 0 Å². The third kappa shape index (κ3) is 2.76. The summed E-state index contributed by atoms with van der Waals surface area (Å²) in [6, 6.07) is 11.8. The molecule has 0 atom stereocenters. The van der Waals surface area contributed by atoms with Crippen LogP contribution < -0.4 is 0 Å². The molecule has 0 aliphatic carbocycles. The smallest absolute Gasteiger partial charge is 0.303 e. The number of benzene rings is 2. The monoisotopic (exact) mass is 284 g/mol. The summed E-state index contributed by atoms with van der Waals surface area (Å²) in [5, 5.41) is 16.9. The van der Waals surface area contributed by atoms with Crippen LogP contribution in [0.3, 0.4) is 0 Å². The summed E-state index contributed by atoms with van der Waals surface area (Å²) in [5.41, 5.74) is 3.36. The van der Waals surface area contributed by atoms with Crippen molar-refractivity contribution in [3.63, 3.8) is 0 Å². The van der Waals surface area contributed by atoms with Crippen LogP contribution in [0, 0.1) is 5.82 Å². The van der Waals surface area contributed by atoms with Crippen molar-refractivity contribution in [1.82, 2.24) is 10.2 Å². The van der Waals surface area contributed by atoms with Crippen molar-refractivity contribution in [3.05, 3.63) is 53.8 Å². The van der Waals surface area contributed by atoms with Crippen molar-refractivity contribution < 1.29 is 14.3 Å². The van der Waals surface area contributed by atoms with Gasteiger partial charge in [-0.3, -0.25) is 9.89 Å². The maximum atomic E-state index is 13.0. The number of fused-ring (bicyclic) bond motifs is 1. The van der Waals surface area contributed by atoms with E-state index in [-0.39, 0.29) is 12.2 Å². The molecular formula is C16H13FN2O2. The highest BCUT2D eigenvalue weighted by Crippen LogP contribution is 2.27. The zero-order valence-electron chi connectivity index (χ0n) is 11.1. The van der Waals surface area contributed by atoms with Crippen LogP contribution in [0.1, 0.15) is 12.0 Å². The Kier molecular flexibility index (Phi) is 3.39. The van der Waals surface area contributed by atoms with Gasteiger partial charge in [0.15, 0.2) is 0 Å². The highest BCUT2D eigenvalue weighted by atomic mass is 19.1. The number of nitrogens with one attached hydrogen (secondary N) is 1. The number of halogens is 1. The van der Waals surface area contributed by atoms with Crippen LogP contribution in [0.15, 0.2) is 42.5 Å². The van der Waals surface area contributed by atoms with Crippen LogP contribution in [0.4, 0.5) is 4.39 Å². The zero-order valence-corrected chi connectivity index (χ0v) is 11.1. The third-order valence-corrected chi connectivity index (χ3v) is 3.37. The molecule has 5 heteroatoms. The van der Waals surface area contributed by atoms with E-state index in [1.807, 2.05) is 18.2 Å². The van der Waals surface area contributed by atoms with Gasteiger partial charge in [0.05, 0.1) is 11.2 Å². The fourth-order valence-corrected chi connectivity index (χ4v) is 2.30. The molecule has 0 aliphatic heterocycles. The Bertz CT molecular complexity index is 794. The molecule has 0 aliphatic rings. The maximum Gasteiger partial charge on any atom is 0.303 e. The molecule has 21 heavy (non-hydrogen) atoms. The van der Waals surface area contributed by atoms with E-state index in [9.17, 15) is 9.18 Å². The van der Waals surface area contributed by atoms with Gasteiger partial charge < -0.3 is 5.11 Å². The summed E-state index contributed by atoms with van der Waals surface area (Å²) in [4.78, 5) is 10.7. The second-order valence-corrected chi connectivity index (χ2v) is 4.85. The first-order valence-electron chi connectivity index (χ1n) is 6.58. The molecule has 1 aromatic heterocycles. The molecule has 0 spiro atoms. The van der Waals surface area contributed by atoms with Gasteiger partial charge in [0, 0.05) is 17.4 Å². The van der Waals surface area contributed by atoms with Crippen molar-refractivity contribution in [3.8, 4) is 11.3 Å². The van der Waals surface area contributed by atoms with Gasteiger partial charge in [0.2, 0.25) is 0 Å². The van der Waals surface area contributed by atoms with Crippen LogP contribution >= 0.6 is 0 Å². The number of hydrogen-bond donors (Lipinski definition) is 2. The first kappa shape index (κ1) is 13.3. The number of nitrogens with zero attached hydrogens (tertiary/aromatic N) is 1. The van der Waals surface area contributed by atoms with E-state index >= 15 is 0 Å². The van der Waals surface area contributed by atoms with Crippen molar-refractivity contribution in [2.24, 2.45) is 0 Å². The quantitative estimate of drug-likeness (QED) is 0.771.